The van der Waals surface area contributed by atoms with E-state index in [1.807, 2.05) is 0 Å². The van der Waals surface area contributed by atoms with Gasteiger partial charge >= 0.3 is 12.3 Å². The van der Waals surface area contributed by atoms with Crippen molar-refractivity contribution in [1.29, 1.82) is 0 Å². The second-order valence-electron chi connectivity index (χ2n) is 3.00. The average molecular weight is 287 g/mol. The number of carbonyl (C=O) groups excluding carboxylic acids is 2. The minimum atomic E-state index is -1.11. The summed E-state index contributed by atoms with van der Waals surface area (Å²) < 4.78 is 15.4. The van der Waals surface area contributed by atoms with Crippen molar-refractivity contribution in [3.05, 3.63) is 22.2 Å². The molecule has 0 spiro atoms. The van der Waals surface area contributed by atoms with Crippen molar-refractivity contribution in [2.45, 2.75) is 6.29 Å². The summed E-state index contributed by atoms with van der Waals surface area (Å²) in [5.41, 5.74) is 0.424. The minimum Gasteiger partial charge on any atom is -0.463 e. The molecule has 1 unspecified atom stereocenters. The molecular formula is C10H7BrO5. The summed E-state index contributed by atoms with van der Waals surface area (Å²) >= 11 is 3.20. The maximum absolute atomic E-state index is 11.2. The highest BCUT2D eigenvalue weighted by Gasteiger charge is 2.33. The van der Waals surface area contributed by atoms with Crippen molar-refractivity contribution in [3.63, 3.8) is 0 Å². The maximum atomic E-state index is 11.2. The lowest BCUT2D eigenvalue weighted by atomic mass is 10.2. The van der Waals surface area contributed by atoms with Crippen LogP contribution in [0.5, 0.6) is 11.5 Å². The molecule has 0 saturated carbocycles. The van der Waals surface area contributed by atoms with Crippen molar-refractivity contribution in [3.8, 4) is 11.5 Å². The summed E-state index contributed by atoms with van der Waals surface area (Å²) in [5, 5.41) is 0. The number of carbonyl (C=O) groups is 2. The first-order valence-electron chi connectivity index (χ1n) is 4.36. The molecule has 0 saturated heterocycles. The van der Waals surface area contributed by atoms with Gasteiger partial charge in [-0.1, -0.05) is 0 Å². The highest BCUT2D eigenvalue weighted by molar-refractivity contribution is 9.10. The molecule has 1 heterocycles. The molecule has 84 valence electrons. The smallest absolute Gasteiger partial charge is 0.389 e. The number of ether oxygens (including phenoxy) is 3. The Hall–Kier alpha value is -1.56. The van der Waals surface area contributed by atoms with Gasteiger partial charge in [-0.3, -0.25) is 4.79 Å². The Balaban J connectivity index is 2.34. The number of rotatable bonds is 2. The molecule has 1 aromatic carbocycles. The van der Waals surface area contributed by atoms with Crippen LogP contribution in [0.2, 0.25) is 0 Å². The first kappa shape index (κ1) is 10.9. The lowest BCUT2D eigenvalue weighted by Gasteiger charge is -2.06. The lowest BCUT2D eigenvalue weighted by molar-refractivity contribution is -0.158. The van der Waals surface area contributed by atoms with Crippen LogP contribution in [0.25, 0.3) is 0 Å². The number of fused-ring (bicyclic) bond motifs is 1. The Morgan fingerprint density at radius 2 is 2.25 bits per heavy atom. The van der Waals surface area contributed by atoms with Gasteiger partial charge in [0.2, 0.25) is 0 Å². The molecule has 2 rings (SSSR count). The normalized spacial score (nSPS) is 17.0. The molecule has 6 heteroatoms. The lowest BCUT2D eigenvalue weighted by Crippen LogP contribution is -2.30. The van der Waals surface area contributed by atoms with Gasteiger partial charge in [-0.05, 0) is 28.1 Å². The van der Waals surface area contributed by atoms with Crippen LogP contribution in [-0.2, 0) is 9.53 Å². The van der Waals surface area contributed by atoms with Crippen molar-refractivity contribution in [2.75, 3.05) is 7.11 Å². The molecule has 0 N–H and O–H groups in total. The molecule has 1 aliphatic rings. The first-order chi connectivity index (χ1) is 7.67. The molecule has 0 aromatic heterocycles. The molecule has 16 heavy (non-hydrogen) atoms. The first-order valence-corrected chi connectivity index (χ1v) is 5.15. The third-order valence-corrected chi connectivity index (χ3v) is 2.89. The molecule has 5 nitrogen and oxygen atoms in total. The van der Waals surface area contributed by atoms with Crippen LogP contribution < -0.4 is 9.47 Å². The predicted octanol–water partition coefficient (Wildman–Crippen LogP) is 1.53. The Labute approximate surface area is 99.4 Å². The van der Waals surface area contributed by atoms with Crippen LogP contribution in [0.3, 0.4) is 0 Å². The molecule has 1 atom stereocenters. The molecular weight excluding hydrogens is 280 g/mol. The number of aldehydes is 1. The highest BCUT2D eigenvalue weighted by atomic mass is 79.9. The second kappa shape index (κ2) is 4.13. The summed E-state index contributed by atoms with van der Waals surface area (Å²) in [7, 11) is 1.24. The van der Waals surface area contributed by atoms with Crippen LogP contribution in [0.1, 0.15) is 10.4 Å². The fourth-order valence-electron chi connectivity index (χ4n) is 1.29. The molecule has 0 aliphatic carbocycles. The maximum Gasteiger partial charge on any atom is 0.389 e. The van der Waals surface area contributed by atoms with E-state index < -0.39 is 12.3 Å². The van der Waals surface area contributed by atoms with Gasteiger partial charge in [0.15, 0.2) is 17.8 Å². The molecule has 0 radical (unpaired) electrons. The van der Waals surface area contributed by atoms with Crippen molar-refractivity contribution in [2.24, 2.45) is 0 Å². The molecule has 0 fully saturated rings. The van der Waals surface area contributed by atoms with E-state index in [0.717, 1.165) is 0 Å². The number of benzene rings is 1. The van der Waals surface area contributed by atoms with E-state index in [2.05, 4.69) is 20.7 Å². The van der Waals surface area contributed by atoms with Crippen LogP contribution in [0, 0.1) is 0 Å². The Morgan fingerprint density at radius 3 is 2.88 bits per heavy atom. The highest BCUT2D eigenvalue weighted by Crippen LogP contribution is 2.42. The summed E-state index contributed by atoms with van der Waals surface area (Å²) in [6, 6.07) is 3.13. The van der Waals surface area contributed by atoms with Gasteiger partial charge in [0.05, 0.1) is 11.6 Å². The van der Waals surface area contributed by atoms with Gasteiger partial charge in [-0.15, -0.1) is 0 Å². The SMILES string of the molecule is COC(=O)C1Oc2ccc(C=O)c(Br)c2O1. The van der Waals surface area contributed by atoms with E-state index in [9.17, 15) is 9.59 Å². The Kier molecular flexibility index (Phi) is 2.82. The van der Waals surface area contributed by atoms with Gasteiger partial charge in [-0.2, -0.15) is 0 Å². The number of methoxy groups -OCH3 is 1. The van der Waals surface area contributed by atoms with Gasteiger partial charge in [0.1, 0.15) is 0 Å². The Bertz CT molecular complexity index is 457. The van der Waals surface area contributed by atoms with Gasteiger partial charge in [-0.25, -0.2) is 4.79 Å². The van der Waals surface area contributed by atoms with Gasteiger partial charge < -0.3 is 14.2 Å². The summed E-state index contributed by atoms with van der Waals surface area (Å²) in [6.07, 6.45) is -0.433. The molecule has 0 amide bonds. The number of hydrogen-bond acceptors (Lipinski definition) is 5. The summed E-state index contributed by atoms with van der Waals surface area (Å²) in [6.45, 7) is 0. The third kappa shape index (κ3) is 1.65. The summed E-state index contributed by atoms with van der Waals surface area (Å²) in [5.74, 6) is 0.101. The zero-order valence-electron chi connectivity index (χ0n) is 8.23. The van der Waals surface area contributed by atoms with Gasteiger partial charge in [0.25, 0.3) is 0 Å². The van der Waals surface area contributed by atoms with Crippen molar-refractivity contribution < 1.29 is 23.8 Å². The Morgan fingerprint density at radius 1 is 1.50 bits per heavy atom. The van der Waals surface area contributed by atoms with E-state index in [0.29, 0.717) is 27.8 Å². The van der Waals surface area contributed by atoms with Crippen LogP contribution in [-0.4, -0.2) is 25.7 Å². The van der Waals surface area contributed by atoms with E-state index in [-0.39, 0.29) is 0 Å². The van der Waals surface area contributed by atoms with Crippen LogP contribution >= 0.6 is 15.9 Å². The number of esters is 1. The van der Waals surface area contributed by atoms with Crippen molar-refractivity contribution >= 4 is 28.2 Å². The van der Waals surface area contributed by atoms with Crippen molar-refractivity contribution in [1.82, 2.24) is 0 Å². The fourth-order valence-corrected chi connectivity index (χ4v) is 1.80. The monoisotopic (exact) mass is 286 g/mol. The van der Waals surface area contributed by atoms with E-state index >= 15 is 0 Å². The van der Waals surface area contributed by atoms with E-state index in [4.69, 9.17) is 9.47 Å². The third-order valence-electron chi connectivity index (χ3n) is 2.07. The standard InChI is InChI=1S/C10H7BrO5/c1-14-9(13)10-15-6-3-2-5(4-12)7(11)8(6)16-10/h2-4,10H,1H3. The zero-order valence-corrected chi connectivity index (χ0v) is 9.81. The predicted molar refractivity (Wildman–Crippen MR) is 56.6 cm³/mol. The largest absolute Gasteiger partial charge is 0.463 e. The van der Waals surface area contributed by atoms with Crippen LogP contribution in [0.4, 0.5) is 0 Å². The molecule has 1 aromatic rings. The molecule has 0 bridgehead atoms. The van der Waals surface area contributed by atoms with Crippen LogP contribution in [0.15, 0.2) is 16.6 Å². The number of halogens is 1. The van der Waals surface area contributed by atoms with E-state index in [1.165, 1.54) is 7.11 Å². The zero-order chi connectivity index (χ0) is 11.7. The number of hydrogen-bond donors (Lipinski definition) is 0. The topological polar surface area (TPSA) is 61.8 Å². The van der Waals surface area contributed by atoms with Gasteiger partial charge in [0, 0.05) is 5.56 Å². The fraction of sp³-hybridized carbons (Fsp3) is 0.200. The van der Waals surface area contributed by atoms with E-state index in [1.54, 1.807) is 12.1 Å². The second-order valence-corrected chi connectivity index (χ2v) is 3.80. The summed E-state index contributed by atoms with van der Waals surface area (Å²) in [4.78, 5) is 21.9. The quantitative estimate of drug-likeness (QED) is 0.610. The molecule has 1 aliphatic heterocycles. The minimum absolute atomic E-state index is 0.333. The average Bonchev–Trinajstić information content (AvgIpc) is 2.73.